The predicted molar refractivity (Wildman–Crippen MR) is 46.6 cm³/mol. The molecule has 0 aromatic heterocycles. The summed E-state index contributed by atoms with van der Waals surface area (Å²) in [4.78, 5) is 0. The predicted octanol–water partition coefficient (Wildman–Crippen LogP) is 2.75. The molecule has 0 aliphatic heterocycles. The van der Waals surface area contributed by atoms with Crippen molar-refractivity contribution in [2.24, 2.45) is 5.41 Å². The second-order valence-corrected chi connectivity index (χ2v) is 5.17. The maximum absolute atomic E-state index is 8.60. The molecule has 0 aromatic rings. The molecular weight excluding hydrogens is 354 g/mol. The summed E-state index contributed by atoms with van der Waals surface area (Å²) < 4.78 is 25.8. The zero-order valence-corrected chi connectivity index (χ0v) is 11.8. The van der Waals surface area contributed by atoms with Gasteiger partial charge in [-0.1, -0.05) is 33.1 Å². The first-order chi connectivity index (χ1) is 6.18. The van der Waals surface area contributed by atoms with Gasteiger partial charge >= 0.3 is 27.0 Å². The zero-order valence-electron chi connectivity index (χ0n) is 9.10. The molecule has 3 nitrogen and oxygen atoms in total. The fourth-order valence-corrected chi connectivity index (χ4v) is 1.41. The Hall–Kier alpha value is -0.458. The summed E-state index contributed by atoms with van der Waals surface area (Å²) in [6.45, 7) is 10.9. The molecule has 1 aliphatic carbocycles. The van der Waals surface area contributed by atoms with Crippen LogP contribution in [0.4, 0.5) is 0 Å². The van der Waals surface area contributed by atoms with Crippen LogP contribution in [0.15, 0.2) is 16.7 Å². The normalized spacial score (nSPS) is 18.5. The van der Waals surface area contributed by atoms with E-state index in [9.17, 15) is 0 Å². The van der Waals surface area contributed by atoms with E-state index in [1.54, 1.807) is 0 Å². The summed E-state index contributed by atoms with van der Waals surface area (Å²) in [6.07, 6.45) is 3.44. The van der Waals surface area contributed by atoms with Gasteiger partial charge in [0.15, 0.2) is 0 Å². The van der Waals surface area contributed by atoms with Crippen LogP contribution in [0.2, 0.25) is 0 Å². The summed E-state index contributed by atoms with van der Waals surface area (Å²) in [6, 6.07) is 0. The monoisotopic (exact) mass is 370 g/mol. The Kier molecular flexibility index (Phi) is 4.70. The number of rotatable bonds is 0. The van der Waals surface area contributed by atoms with Gasteiger partial charge < -0.3 is 0 Å². The molecule has 0 bridgehead atoms. The minimum atomic E-state index is -4.21. The first-order valence-corrected chi connectivity index (χ1v) is 7.54. The van der Waals surface area contributed by atoms with Crippen LogP contribution in [0, 0.1) is 11.5 Å². The average molecular weight is 369 g/mol. The first kappa shape index (κ1) is 13.5. The maximum atomic E-state index is 8.60. The Bertz CT molecular complexity index is 375. The van der Waals surface area contributed by atoms with E-state index >= 15 is 0 Å². The third-order valence-corrected chi connectivity index (χ3v) is 2.56. The number of hydrogen-bond acceptors (Lipinski definition) is 3. The molecular formula is C10H15O3Re-. The Morgan fingerprint density at radius 3 is 1.50 bits per heavy atom. The molecule has 4 heteroatoms. The molecule has 0 saturated heterocycles. The topological polar surface area (TPSA) is 51.2 Å². The van der Waals surface area contributed by atoms with E-state index in [4.69, 9.17) is 10.4 Å². The minimum absolute atomic E-state index is 0.189. The van der Waals surface area contributed by atoms with Gasteiger partial charge in [0.25, 0.3) is 0 Å². The van der Waals surface area contributed by atoms with Crippen LogP contribution >= 0.6 is 0 Å². The van der Waals surface area contributed by atoms with Gasteiger partial charge in [0.1, 0.15) is 0 Å². The molecule has 1 rings (SSSR count). The van der Waals surface area contributed by atoms with Crippen molar-refractivity contribution in [1.82, 2.24) is 0 Å². The standard InChI is InChI=1S/C10H15.3O.Re/c1-7-6-10(4,5)9(3)8(7)2;;;;/h1-5H3;;;;/q-1;;;;. The molecule has 0 amide bonds. The molecule has 0 fully saturated rings. The summed E-state index contributed by atoms with van der Waals surface area (Å²) in [5.41, 5.74) is 4.39. The van der Waals surface area contributed by atoms with Gasteiger partial charge in [-0.05, 0) is 0 Å². The SMILES string of the molecule is CC1=[C-]C(C)(C)C(C)=C1C.[O]=[Re](=[O])=[O]. The van der Waals surface area contributed by atoms with Crippen LogP contribution in [-0.4, -0.2) is 0 Å². The van der Waals surface area contributed by atoms with Crippen molar-refractivity contribution in [1.29, 1.82) is 0 Å². The van der Waals surface area contributed by atoms with Crippen molar-refractivity contribution in [3.63, 3.8) is 0 Å². The second kappa shape index (κ2) is 4.86. The summed E-state index contributed by atoms with van der Waals surface area (Å²) >= 11 is -4.21. The van der Waals surface area contributed by atoms with E-state index in [0.29, 0.717) is 0 Å². The molecule has 0 heterocycles. The molecule has 0 atom stereocenters. The van der Waals surface area contributed by atoms with Crippen LogP contribution in [-0.2, 0) is 27.0 Å². The van der Waals surface area contributed by atoms with Crippen molar-refractivity contribution in [2.45, 2.75) is 34.6 Å². The van der Waals surface area contributed by atoms with Crippen LogP contribution in [0.1, 0.15) is 34.6 Å². The van der Waals surface area contributed by atoms with Crippen LogP contribution in [0.25, 0.3) is 0 Å². The Labute approximate surface area is 90.1 Å². The molecule has 14 heavy (non-hydrogen) atoms. The van der Waals surface area contributed by atoms with E-state index in [2.05, 4.69) is 40.7 Å². The fourth-order valence-electron chi connectivity index (χ4n) is 1.41. The van der Waals surface area contributed by atoms with Gasteiger partial charge in [-0.2, -0.15) is 11.1 Å². The van der Waals surface area contributed by atoms with E-state index in [0.717, 1.165) is 0 Å². The van der Waals surface area contributed by atoms with E-state index in [1.165, 1.54) is 16.7 Å². The molecule has 1 aliphatic rings. The Morgan fingerprint density at radius 1 is 1.07 bits per heavy atom. The van der Waals surface area contributed by atoms with Gasteiger partial charge in [-0.15, -0.1) is 6.92 Å². The van der Waals surface area contributed by atoms with Crippen molar-refractivity contribution >= 4 is 0 Å². The molecule has 0 spiro atoms. The summed E-state index contributed by atoms with van der Waals surface area (Å²) in [5.74, 6) is 0. The summed E-state index contributed by atoms with van der Waals surface area (Å²) in [5, 5.41) is 0. The van der Waals surface area contributed by atoms with E-state index in [1.807, 2.05) is 0 Å². The quantitative estimate of drug-likeness (QED) is 0.617. The molecule has 0 N–H and O–H groups in total. The molecule has 0 saturated carbocycles. The van der Waals surface area contributed by atoms with Crippen molar-refractivity contribution in [3.05, 3.63) is 22.8 Å². The third-order valence-electron chi connectivity index (χ3n) is 2.56. The third kappa shape index (κ3) is 3.73. The van der Waals surface area contributed by atoms with Crippen LogP contribution in [0.5, 0.6) is 0 Å². The molecule has 0 aromatic carbocycles. The number of hydrogen-bond donors (Lipinski definition) is 0. The summed E-state index contributed by atoms with van der Waals surface area (Å²) in [7, 11) is 0. The molecule has 0 unspecified atom stereocenters. The van der Waals surface area contributed by atoms with E-state index in [-0.39, 0.29) is 5.41 Å². The Morgan fingerprint density at radius 2 is 1.43 bits per heavy atom. The first-order valence-electron chi connectivity index (χ1n) is 4.21. The number of allylic oxidation sites excluding steroid dienone is 4. The Balaban J connectivity index is 0.000000364. The van der Waals surface area contributed by atoms with Gasteiger partial charge in [-0.3, -0.25) is 6.08 Å². The van der Waals surface area contributed by atoms with Crippen molar-refractivity contribution in [3.8, 4) is 0 Å². The van der Waals surface area contributed by atoms with E-state index < -0.39 is 16.6 Å². The second-order valence-electron chi connectivity index (χ2n) is 3.81. The molecule has 0 radical (unpaired) electrons. The van der Waals surface area contributed by atoms with Crippen molar-refractivity contribution in [2.75, 3.05) is 0 Å². The zero-order chi connectivity index (χ0) is 11.5. The van der Waals surface area contributed by atoms with Crippen molar-refractivity contribution < 1.29 is 27.0 Å². The van der Waals surface area contributed by atoms with Gasteiger partial charge in [0.2, 0.25) is 0 Å². The van der Waals surface area contributed by atoms with Crippen LogP contribution in [0.3, 0.4) is 0 Å². The van der Waals surface area contributed by atoms with Gasteiger partial charge in [0, 0.05) is 0 Å². The molecule has 81 valence electrons. The average Bonchev–Trinajstić information content (AvgIpc) is 2.13. The fraction of sp³-hybridized carbons (Fsp3) is 0.600. The van der Waals surface area contributed by atoms with Gasteiger partial charge in [-0.25, -0.2) is 5.57 Å². The van der Waals surface area contributed by atoms with Gasteiger partial charge in [0.05, 0.1) is 0 Å². The van der Waals surface area contributed by atoms with Crippen LogP contribution < -0.4 is 0 Å².